The number of esters is 1. The maximum Gasteiger partial charge on any atom is 0.337 e. The highest BCUT2D eigenvalue weighted by molar-refractivity contribution is 7.16. The molecule has 1 aromatic carbocycles. The number of carbonyl (C=O) groups excluding carboxylic acids is 1. The fourth-order valence-electron chi connectivity index (χ4n) is 2.13. The van der Waals surface area contributed by atoms with Gasteiger partial charge in [0.05, 0.1) is 11.8 Å². The molecule has 122 valence electrons. The van der Waals surface area contributed by atoms with Gasteiger partial charge in [-0.2, -0.15) is 4.98 Å². The van der Waals surface area contributed by atoms with Gasteiger partial charge in [-0.3, -0.25) is 9.78 Å². The highest BCUT2D eigenvalue weighted by Crippen LogP contribution is 2.22. The van der Waals surface area contributed by atoms with Gasteiger partial charge in [-0.25, -0.2) is 4.79 Å². The molecule has 7 heteroatoms. The number of aromatic amines is 1. The predicted octanol–water partition coefficient (Wildman–Crippen LogP) is 2.92. The van der Waals surface area contributed by atoms with Crippen LogP contribution >= 0.6 is 11.3 Å². The van der Waals surface area contributed by atoms with E-state index >= 15 is 0 Å². The van der Waals surface area contributed by atoms with E-state index in [1.54, 1.807) is 31.4 Å². The van der Waals surface area contributed by atoms with Crippen LogP contribution in [0.15, 0.2) is 41.2 Å². The van der Waals surface area contributed by atoms with E-state index in [1.165, 1.54) is 6.08 Å². The maximum atomic E-state index is 11.9. The molecule has 0 unspecified atom stereocenters. The molecule has 3 aromatic rings. The molecule has 2 aromatic heterocycles. The first kappa shape index (κ1) is 15.9. The third-order valence-corrected chi connectivity index (χ3v) is 4.29. The molecule has 6 nitrogen and oxygen atoms in total. The van der Waals surface area contributed by atoms with Gasteiger partial charge in [-0.1, -0.05) is 23.5 Å². The fraction of sp³-hybridized carbons (Fsp3) is 0.118. The van der Waals surface area contributed by atoms with Crippen LogP contribution in [0, 0.1) is 6.92 Å². The Kier molecular flexibility index (Phi) is 4.43. The van der Waals surface area contributed by atoms with Crippen LogP contribution in [0.25, 0.3) is 16.4 Å². The van der Waals surface area contributed by atoms with Crippen molar-refractivity contribution in [3.63, 3.8) is 0 Å². The Morgan fingerprint density at radius 3 is 2.75 bits per heavy atom. The SMILES string of the molecule is COc1ccc(/C=C/C(=O)Oc2cc(C)c3sc(=O)[nH]c3n2)cc1. The summed E-state index contributed by atoms with van der Waals surface area (Å²) in [5.41, 5.74) is 2.09. The Morgan fingerprint density at radius 2 is 2.04 bits per heavy atom. The van der Waals surface area contributed by atoms with Crippen molar-refractivity contribution in [2.24, 2.45) is 0 Å². The number of methoxy groups -OCH3 is 1. The molecule has 0 aliphatic rings. The van der Waals surface area contributed by atoms with Crippen molar-refractivity contribution in [3.05, 3.63) is 57.2 Å². The number of hydrogen-bond acceptors (Lipinski definition) is 6. The van der Waals surface area contributed by atoms with Crippen LogP contribution in [0.5, 0.6) is 11.6 Å². The number of benzene rings is 1. The molecule has 3 rings (SSSR count). The first-order valence-electron chi connectivity index (χ1n) is 7.09. The molecule has 24 heavy (non-hydrogen) atoms. The minimum atomic E-state index is -0.547. The van der Waals surface area contributed by atoms with Gasteiger partial charge in [-0.15, -0.1) is 0 Å². The lowest BCUT2D eigenvalue weighted by Gasteiger charge is -2.02. The third kappa shape index (κ3) is 3.52. The number of aromatic nitrogens is 2. The van der Waals surface area contributed by atoms with Crippen molar-refractivity contribution < 1.29 is 14.3 Å². The topological polar surface area (TPSA) is 81.3 Å². The summed E-state index contributed by atoms with van der Waals surface area (Å²) >= 11 is 1.08. The smallest absolute Gasteiger partial charge is 0.337 e. The highest BCUT2D eigenvalue weighted by atomic mass is 32.1. The van der Waals surface area contributed by atoms with Crippen molar-refractivity contribution in [3.8, 4) is 11.6 Å². The molecule has 0 saturated heterocycles. The van der Waals surface area contributed by atoms with Gasteiger partial charge in [0.1, 0.15) is 5.75 Å². The van der Waals surface area contributed by atoms with E-state index < -0.39 is 5.97 Å². The quantitative estimate of drug-likeness (QED) is 0.582. The normalized spacial score (nSPS) is 11.1. The number of rotatable bonds is 4. The second kappa shape index (κ2) is 6.67. The summed E-state index contributed by atoms with van der Waals surface area (Å²) in [5.74, 6) is 0.348. The van der Waals surface area contributed by atoms with Crippen LogP contribution in [0.4, 0.5) is 0 Å². The number of thiazole rings is 1. The largest absolute Gasteiger partial charge is 0.497 e. The molecule has 0 aliphatic heterocycles. The van der Waals surface area contributed by atoms with Crippen LogP contribution in [0.3, 0.4) is 0 Å². The number of hydrogen-bond donors (Lipinski definition) is 1. The standard InChI is InChI=1S/C17H14N2O4S/c1-10-9-13(18-16-15(10)24-17(21)19-16)23-14(20)8-5-11-3-6-12(22-2)7-4-11/h3-9H,1-2H3,(H,18,19,21)/b8-5+. The molecule has 0 aliphatic carbocycles. The molecule has 0 radical (unpaired) electrons. The number of aryl methyl sites for hydroxylation is 1. The zero-order valence-corrected chi connectivity index (χ0v) is 13.8. The summed E-state index contributed by atoms with van der Waals surface area (Å²) in [7, 11) is 1.59. The number of carbonyl (C=O) groups is 1. The first-order valence-corrected chi connectivity index (χ1v) is 7.91. The third-order valence-electron chi connectivity index (χ3n) is 3.28. The van der Waals surface area contributed by atoms with E-state index in [1.807, 2.05) is 19.1 Å². The lowest BCUT2D eigenvalue weighted by Crippen LogP contribution is -2.05. The number of nitrogens with zero attached hydrogens (tertiary/aromatic N) is 1. The van der Waals surface area contributed by atoms with E-state index in [2.05, 4.69) is 9.97 Å². The van der Waals surface area contributed by atoms with Crippen LogP contribution < -0.4 is 14.3 Å². The van der Waals surface area contributed by atoms with Gasteiger partial charge in [0.25, 0.3) is 0 Å². The molecule has 2 heterocycles. The summed E-state index contributed by atoms with van der Waals surface area (Å²) in [5, 5.41) is 0. The van der Waals surface area contributed by atoms with E-state index in [0.717, 1.165) is 32.9 Å². The van der Waals surface area contributed by atoms with Crippen molar-refractivity contribution in [2.75, 3.05) is 7.11 Å². The second-order valence-electron chi connectivity index (χ2n) is 5.00. The number of pyridine rings is 1. The van der Waals surface area contributed by atoms with E-state index in [9.17, 15) is 9.59 Å². The molecule has 0 bridgehead atoms. The van der Waals surface area contributed by atoms with E-state index in [0.29, 0.717) is 5.65 Å². The summed E-state index contributed by atoms with van der Waals surface area (Å²) < 4.78 is 11.0. The Balaban J connectivity index is 1.74. The minimum Gasteiger partial charge on any atom is -0.497 e. The van der Waals surface area contributed by atoms with Gasteiger partial charge >= 0.3 is 10.8 Å². The summed E-state index contributed by atoms with van der Waals surface area (Å²) in [6, 6.07) is 8.89. The van der Waals surface area contributed by atoms with Crippen LogP contribution in [0.1, 0.15) is 11.1 Å². The number of fused-ring (bicyclic) bond motifs is 1. The Morgan fingerprint density at radius 1 is 1.29 bits per heavy atom. The Bertz CT molecular complexity index is 970. The van der Waals surface area contributed by atoms with Crippen molar-refractivity contribution >= 4 is 33.7 Å². The maximum absolute atomic E-state index is 11.9. The Hall–Kier alpha value is -2.93. The number of ether oxygens (including phenoxy) is 2. The molecule has 0 saturated carbocycles. The minimum absolute atomic E-state index is 0.151. The van der Waals surface area contributed by atoms with Gasteiger partial charge in [0, 0.05) is 12.1 Å². The van der Waals surface area contributed by atoms with Crippen LogP contribution in [-0.4, -0.2) is 23.0 Å². The van der Waals surface area contributed by atoms with Crippen molar-refractivity contribution in [1.82, 2.24) is 9.97 Å². The lowest BCUT2D eigenvalue weighted by atomic mass is 10.2. The molecule has 0 amide bonds. The molecular weight excluding hydrogens is 328 g/mol. The predicted molar refractivity (Wildman–Crippen MR) is 92.6 cm³/mol. The monoisotopic (exact) mass is 342 g/mol. The molecule has 0 atom stereocenters. The van der Waals surface area contributed by atoms with Crippen LogP contribution in [-0.2, 0) is 4.79 Å². The fourth-order valence-corrected chi connectivity index (χ4v) is 2.87. The van der Waals surface area contributed by atoms with Gasteiger partial charge in [0.2, 0.25) is 5.88 Å². The average Bonchev–Trinajstić information content (AvgIpc) is 2.94. The van der Waals surface area contributed by atoms with E-state index in [4.69, 9.17) is 9.47 Å². The number of nitrogens with one attached hydrogen (secondary N) is 1. The molecule has 1 N–H and O–H groups in total. The Labute approximate surface area is 141 Å². The average molecular weight is 342 g/mol. The van der Waals surface area contributed by atoms with Gasteiger partial charge in [-0.05, 0) is 36.3 Å². The second-order valence-corrected chi connectivity index (χ2v) is 5.98. The van der Waals surface area contributed by atoms with Crippen molar-refractivity contribution in [1.29, 1.82) is 0 Å². The van der Waals surface area contributed by atoms with Crippen LogP contribution in [0.2, 0.25) is 0 Å². The zero-order valence-electron chi connectivity index (χ0n) is 13.0. The first-order chi connectivity index (χ1) is 11.5. The molecule has 0 fully saturated rings. The summed E-state index contributed by atoms with van der Waals surface area (Å²) in [6.07, 6.45) is 2.96. The summed E-state index contributed by atoms with van der Waals surface area (Å²) in [6.45, 7) is 1.83. The lowest BCUT2D eigenvalue weighted by molar-refractivity contribution is -0.129. The molecule has 0 spiro atoms. The zero-order chi connectivity index (χ0) is 17.1. The number of H-pyrrole nitrogens is 1. The molecular formula is C17H14N2O4S. The van der Waals surface area contributed by atoms with Crippen molar-refractivity contribution in [2.45, 2.75) is 6.92 Å². The summed E-state index contributed by atoms with van der Waals surface area (Å²) in [4.78, 5) is 29.9. The van der Waals surface area contributed by atoms with Gasteiger partial charge < -0.3 is 9.47 Å². The van der Waals surface area contributed by atoms with Gasteiger partial charge in [0.15, 0.2) is 5.65 Å². The highest BCUT2D eigenvalue weighted by Gasteiger charge is 2.09. The van der Waals surface area contributed by atoms with E-state index in [-0.39, 0.29) is 10.8 Å².